The number of benzene rings is 2. The maximum absolute atomic E-state index is 13.3. The lowest BCUT2D eigenvalue weighted by molar-refractivity contribution is -0.121. The molecule has 0 aliphatic carbocycles. The van der Waals surface area contributed by atoms with E-state index >= 15 is 0 Å². The summed E-state index contributed by atoms with van der Waals surface area (Å²) in [6.45, 7) is 9.27. The minimum Gasteiger partial charge on any atom is -0.372 e. The molecule has 7 heteroatoms. The Bertz CT molecular complexity index is 1350. The second-order valence-electron chi connectivity index (χ2n) is 8.66. The van der Waals surface area contributed by atoms with Crippen molar-refractivity contribution >= 4 is 33.4 Å². The first-order valence-electron chi connectivity index (χ1n) is 12.1. The number of nitrogens with one attached hydrogen (secondary N) is 1. The third-order valence-corrected chi connectivity index (χ3v) is 6.19. The highest BCUT2D eigenvalue weighted by Crippen LogP contribution is 2.26. The first-order valence-corrected chi connectivity index (χ1v) is 12.1. The van der Waals surface area contributed by atoms with Crippen molar-refractivity contribution in [3.8, 4) is 0 Å². The van der Waals surface area contributed by atoms with Crippen molar-refractivity contribution in [2.45, 2.75) is 46.7 Å². The molecule has 0 radical (unpaired) electrons. The number of anilines is 1. The minimum absolute atomic E-state index is 0.0855. The predicted molar refractivity (Wildman–Crippen MR) is 138 cm³/mol. The zero-order chi connectivity index (χ0) is 24.1. The normalized spacial score (nSPS) is 11.3. The molecule has 0 aliphatic heterocycles. The number of carbonyl (C=O) groups is 1. The molecule has 0 spiro atoms. The van der Waals surface area contributed by atoms with E-state index in [0.717, 1.165) is 48.8 Å². The molecule has 0 fully saturated rings. The highest BCUT2D eigenvalue weighted by molar-refractivity contribution is 6.07. The Labute approximate surface area is 200 Å². The molecule has 0 aliphatic rings. The summed E-state index contributed by atoms with van der Waals surface area (Å²) >= 11 is 0. The second kappa shape index (κ2) is 10.5. The Morgan fingerprint density at radius 1 is 1.09 bits per heavy atom. The number of aryl methyl sites for hydroxylation is 2. The van der Waals surface area contributed by atoms with Crippen LogP contribution >= 0.6 is 0 Å². The first kappa shape index (κ1) is 23.5. The maximum Gasteiger partial charge on any atom is 0.291 e. The monoisotopic (exact) mass is 459 g/mol. The fourth-order valence-electron chi connectivity index (χ4n) is 4.55. The van der Waals surface area contributed by atoms with Crippen LogP contribution < -0.4 is 15.8 Å². The molecule has 0 saturated heterocycles. The van der Waals surface area contributed by atoms with Gasteiger partial charge in [0.05, 0.1) is 6.20 Å². The van der Waals surface area contributed by atoms with E-state index in [1.54, 1.807) is 6.20 Å². The van der Waals surface area contributed by atoms with Gasteiger partial charge in [-0.05, 0) is 50.5 Å². The van der Waals surface area contributed by atoms with Crippen LogP contribution in [-0.4, -0.2) is 39.9 Å². The number of aromatic nitrogens is 3. The highest BCUT2D eigenvalue weighted by Gasteiger charge is 2.16. The molecule has 34 heavy (non-hydrogen) atoms. The molecular formula is C27H33N5O2. The first-order chi connectivity index (χ1) is 16.5. The number of carbonyl (C=O) groups excluding carboxylic acids is 1. The van der Waals surface area contributed by atoms with Crippen molar-refractivity contribution in [2.24, 2.45) is 0 Å². The topological polar surface area (TPSA) is 72.2 Å². The van der Waals surface area contributed by atoms with Crippen LogP contribution in [0.2, 0.25) is 0 Å². The van der Waals surface area contributed by atoms with E-state index in [-0.39, 0.29) is 18.0 Å². The van der Waals surface area contributed by atoms with Gasteiger partial charge in [0.2, 0.25) is 5.91 Å². The van der Waals surface area contributed by atoms with Gasteiger partial charge >= 0.3 is 0 Å². The lowest BCUT2D eigenvalue weighted by Crippen LogP contribution is -2.35. The Morgan fingerprint density at radius 2 is 1.91 bits per heavy atom. The standard InChI is InChI=1S/C27H33N5O2/c1-4-15-31-24-13-7-6-12-22(24)23-18-29-32(27(34)26(23)31)19-25(33)28-14-9-16-30(5-2)21-11-8-10-20(3)17-21/h6-8,10-13,17-18H,4-5,9,14-16,19H2,1-3H3,(H,28,33). The highest BCUT2D eigenvalue weighted by atomic mass is 16.2. The summed E-state index contributed by atoms with van der Waals surface area (Å²) in [5.41, 5.74) is 3.84. The van der Waals surface area contributed by atoms with Crippen LogP contribution in [0.1, 0.15) is 32.3 Å². The van der Waals surface area contributed by atoms with E-state index in [2.05, 4.69) is 60.4 Å². The number of amides is 1. The van der Waals surface area contributed by atoms with Crippen LogP contribution in [-0.2, 0) is 17.9 Å². The van der Waals surface area contributed by atoms with E-state index in [0.29, 0.717) is 12.1 Å². The molecular weight excluding hydrogens is 426 g/mol. The predicted octanol–water partition coefficient (Wildman–Crippen LogP) is 4.10. The van der Waals surface area contributed by atoms with Gasteiger partial charge in [-0.25, -0.2) is 4.68 Å². The fourth-order valence-corrected chi connectivity index (χ4v) is 4.55. The van der Waals surface area contributed by atoms with E-state index in [9.17, 15) is 9.59 Å². The number of nitrogens with zero attached hydrogens (tertiary/aromatic N) is 4. The van der Waals surface area contributed by atoms with Crippen LogP contribution in [0.25, 0.3) is 21.8 Å². The van der Waals surface area contributed by atoms with Crippen LogP contribution in [0.15, 0.2) is 59.5 Å². The number of hydrogen-bond donors (Lipinski definition) is 1. The van der Waals surface area contributed by atoms with Crippen LogP contribution in [0.4, 0.5) is 5.69 Å². The van der Waals surface area contributed by atoms with Crippen LogP contribution in [0, 0.1) is 6.92 Å². The smallest absolute Gasteiger partial charge is 0.291 e. The molecule has 1 amide bonds. The molecule has 2 aromatic carbocycles. The Balaban J connectivity index is 1.42. The number of rotatable bonds is 10. The van der Waals surface area contributed by atoms with Crippen molar-refractivity contribution in [1.82, 2.24) is 19.7 Å². The number of fused-ring (bicyclic) bond motifs is 3. The average molecular weight is 460 g/mol. The van der Waals surface area contributed by atoms with Gasteiger partial charge in [0.1, 0.15) is 12.1 Å². The van der Waals surface area contributed by atoms with Gasteiger partial charge in [0.15, 0.2) is 0 Å². The molecule has 178 valence electrons. The van der Waals surface area contributed by atoms with Crippen molar-refractivity contribution in [3.63, 3.8) is 0 Å². The van der Waals surface area contributed by atoms with Crippen molar-refractivity contribution < 1.29 is 4.79 Å². The van der Waals surface area contributed by atoms with Gasteiger partial charge in [-0.1, -0.05) is 37.3 Å². The van der Waals surface area contributed by atoms with Crippen LogP contribution in [0.5, 0.6) is 0 Å². The summed E-state index contributed by atoms with van der Waals surface area (Å²) in [5.74, 6) is -0.203. The Kier molecular flexibility index (Phi) is 7.30. The van der Waals surface area contributed by atoms with E-state index in [1.807, 2.05) is 28.8 Å². The van der Waals surface area contributed by atoms with Crippen molar-refractivity contribution in [1.29, 1.82) is 0 Å². The van der Waals surface area contributed by atoms with Crippen LogP contribution in [0.3, 0.4) is 0 Å². The molecule has 0 unspecified atom stereocenters. The summed E-state index contributed by atoms with van der Waals surface area (Å²) < 4.78 is 3.32. The molecule has 1 N–H and O–H groups in total. The van der Waals surface area contributed by atoms with Gasteiger partial charge < -0.3 is 14.8 Å². The number of para-hydroxylation sites is 1. The van der Waals surface area contributed by atoms with Gasteiger partial charge in [0, 0.05) is 48.2 Å². The average Bonchev–Trinajstić information content (AvgIpc) is 3.15. The third kappa shape index (κ3) is 4.83. The van der Waals surface area contributed by atoms with Crippen molar-refractivity contribution in [2.75, 3.05) is 24.5 Å². The second-order valence-corrected chi connectivity index (χ2v) is 8.66. The summed E-state index contributed by atoms with van der Waals surface area (Å²) in [6.07, 6.45) is 3.44. The molecule has 2 heterocycles. The molecule has 7 nitrogen and oxygen atoms in total. The lowest BCUT2D eigenvalue weighted by Gasteiger charge is -2.23. The van der Waals surface area contributed by atoms with E-state index in [1.165, 1.54) is 15.9 Å². The molecule has 4 aromatic rings. The summed E-state index contributed by atoms with van der Waals surface area (Å²) in [7, 11) is 0. The Hall–Kier alpha value is -3.61. The van der Waals surface area contributed by atoms with Gasteiger partial charge in [-0.3, -0.25) is 9.59 Å². The largest absolute Gasteiger partial charge is 0.372 e. The van der Waals surface area contributed by atoms with Gasteiger partial charge in [-0.15, -0.1) is 0 Å². The summed E-state index contributed by atoms with van der Waals surface area (Å²) in [4.78, 5) is 28.1. The van der Waals surface area contributed by atoms with Gasteiger partial charge in [-0.2, -0.15) is 5.10 Å². The van der Waals surface area contributed by atoms with Gasteiger partial charge in [0.25, 0.3) is 5.56 Å². The molecule has 0 atom stereocenters. The zero-order valence-electron chi connectivity index (χ0n) is 20.3. The molecule has 0 bridgehead atoms. The summed E-state index contributed by atoms with van der Waals surface area (Å²) in [6, 6.07) is 16.4. The SMILES string of the molecule is CCCn1c2ccccc2c2cnn(CC(=O)NCCCN(CC)c3cccc(C)c3)c(=O)c21. The minimum atomic E-state index is -0.228. The zero-order valence-corrected chi connectivity index (χ0v) is 20.3. The quantitative estimate of drug-likeness (QED) is 0.363. The third-order valence-electron chi connectivity index (χ3n) is 6.19. The fraction of sp³-hybridized carbons (Fsp3) is 0.370. The van der Waals surface area contributed by atoms with E-state index in [4.69, 9.17) is 0 Å². The molecule has 0 saturated carbocycles. The maximum atomic E-state index is 13.3. The van der Waals surface area contributed by atoms with E-state index < -0.39 is 0 Å². The molecule has 4 rings (SSSR count). The van der Waals surface area contributed by atoms with Crippen molar-refractivity contribution in [3.05, 3.63) is 70.6 Å². The Morgan fingerprint density at radius 3 is 2.68 bits per heavy atom. The number of hydrogen-bond acceptors (Lipinski definition) is 4. The lowest BCUT2D eigenvalue weighted by atomic mass is 10.2. The molecule has 2 aromatic heterocycles. The summed E-state index contributed by atoms with van der Waals surface area (Å²) in [5, 5.41) is 9.10.